The van der Waals surface area contributed by atoms with E-state index >= 15 is 0 Å². The minimum atomic E-state index is -4.97. The summed E-state index contributed by atoms with van der Waals surface area (Å²) in [7, 11) is -4.97. The first-order chi connectivity index (χ1) is 7.04. The monoisotopic (exact) mass is 304 g/mol. The Balaban J connectivity index is -0.000000640. The number of rotatable bonds is 2. The SMILES string of the molecule is O.O.O=P([O-])([O-])Oc1ccc2ccccc2c1.[Na+].[Na+]. The maximum Gasteiger partial charge on any atom is 1.00 e. The van der Waals surface area contributed by atoms with Crippen LogP contribution in [0.15, 0.2) is 42.5 Å². The molecule has 2 aromatic carbocycles. The standard InChI is InChI=1S/C10H9O4P.2Na.2H2O/c11-15(12,13)14-10-6-5-8-3-1-2-4-9(8)7-10;;;;/h1-7H,(H2,11,12,13);;;2*1H2/q;2*+1;;/p-2. The van der Waals surface area contributed by atoms with E-state index in [-0.39, 0.29) is 75.8 Å². The number of hydrogen-bond donors (Lipinski definition) is 0. The number of hydrogen-bond acceptors (Lipinski definition) is 4. The Hall–Kier alpha value is 0.570. The molecule has 0 atom stereocenters. The van der Waals surface area contributed by atoms with E-state index in [0.29, 0.717) is 0 Å². The van der Waals surface area contributed by atoms with Gasteiger partial charge in [0.25, 0.3) is 0 Å². The summed E-state index contributed by atoms with van der Waals surface area (Å²) in [6, 6.07) is 12.0. The molecule has 0 spiro atoms. The van der Waals surface area contributed by atoms with Gasteiger partial charge in [-0.25, -0.2) is 0 Å². The van der Waals surface area contributed by atoms with Crippen molar-refractivity contribution in [3.05, 3.63) is 42.5 Å². The van der Waals surface area contributed by atoms with E-state index in [9.17, 15) is 14.4 Å². The topological polar surface area (TPSA) is 135 Å². The minimum Gasteiger partial charge on any atom is -0.780 e. The fourth-order valence-electron chi connectivity index (χ4n) is 1.35. The molecule has 4 N–H and O–H groups in total. The average molecular weight is 304 g/mol. The second-order valence-corrected chi connectivity index (χ2v) is 4.12. The fourth-order valence-corrected chi connectivity index (χ4v) is 1.73. The molecule has 2 rings (SSSR count). The van der Waals surface area contributed by atoms with Crippen LogP contribution in [0.25, 0.3) is 10.8 Å². The van der Waals surface area contributed by atoms with Gasteiger partial charge in [0, 0.05) is 0 Å². The van der Waals surface area contributed by atoms with Gasteiger partial charge in [0.15, 0.2) is 0 Å². The van der Waals surface area contributed by atoms with Crippen LogP contribution in [0.4, 0.5) is 0 Å². The summed E-state index contributed by atoms with van der Waals surface area (Å²) in [6.45, 7) is 0. The Kier molecular flexibility index (Phi) is 13.3. The summed E-state index contributed by atoms with van der Waals surface area (Å²) in [5.74, 6) is 0.0435. The van der Waals surface area contributed by atoms with Crippen LogP contribution in [0.5, 0.6) is 5.75 Å². The molecular formula is C10H11Na2O6P. The van der Waals surface area contributed by atoms with Crippen LogP contribution in [0.3, 0.4) is 0 Å². The van der Waals surface area contributed by atoms with Gasteiger partial charge in [-0.2, -0.15) is 0 Å². The molecule has 0 heterocycles. The van der Waals surface area contributed by atoms with Crippen molar-refractivity contribution < 1.29 is 88.9 Å². The maximum atomic E-state index is 10.4. The van der Waals surface area contributed by atoms with E-state index in [2.05, 4.69) is 4.52 Å². The summed E-state index contributed by atoms with van der Waals surface area (Å²) in [6.07, 6.45) is 0. The Morgan fingerprint density at radius 3 is 1.95 bits per heavy atom. The second kappa shape index (κ2) is 10.3. The molecule has 6 nitrogen and oxygen atoms in total. The molecule has 2 aromatic rings. The van der Waals surface area contributed by atoms with E-state index in [1.54, 1.807) is 6.07 Å². The first-order valence-electron chi connectivity index (χ1n) is 4.25. The van der Waals surface area contributed by atoms with Gasteiger partial charge in [-0.05, 0) is 22.9 Å². The van der Waals surface area contributed by atoms with Crippen molar-refractivity contribution in [2.45, 2.75) is 0 Å². The molecule has 0 saturated carbocycles. The Morgan fingerprint density at radius 2 is 1.42 bits per heavy atom. The van der Waals surface area contributed by atoms with Crippen LogP contribution in [0.2, 0.25) is 0 Å². The Morgan fingerprint density at radius 1 is 0.895 bits per heavy atom. The quantitative estimate of drug-likeness (QED) is 0.402. The zero-order valence-corrected chi connectivity index (χ0v) is 15.5. The van der Waals surface area contributed by atoms with Crippen LogP contribution in [-0.2, 0) is 4.57 Å². The molecule has 0 amide bonds. The molecule has 9 heteroatoms. The van der Waals surface area contributed by atoms with Crippen molar-refractivity contribution in [1.29, 1.82) is 0 Å². The van der Waals surface area contributed by atoms with Crippen molar-refractivity contribution in [2.24, 2.45) is 0 Å². The van der Waals surface area contributed by atoms with Gasteiger partial charge < -0.3 is 29.8 Å². The van der Waals surface area contributed by atoms with Gasteiger partial charge in [0.2, 0.25) is 0 Å². The third kappa shape index (κ3) is 7.80. The van der Waals surface area contributed by atoms with E-state index < -0.39 is 7.82 Å². The molecule has 0 unspecified atom stereocenters. The molecule has 19 heavy (non-hydrogen) atoms. The van der Waals surface area contributed by atoms with Gasteiger partial charge >= 0.3 is 59.1 Å². The van der Waals surface area contributed by atoms with Gasteiger partial charge in [-0.3, -0.25) is 0 Å². The number of phosphoric ester groups is 1. The summed E-state index contributed by atoms with van der Waals surface area (Å²) in [5, 5.41) is 1.78. The molecule has 0 saturated heterocycles. The van der Waals surface area contributed by atoms with Gasteiger partial charge in [0.05, 0.1) is 0 Å². The first-order valence-corrected chi connectivity index (χ1v) is 5.71. The smallest absolute Gasteiger partial charge is 0.780 e. The minimum absolute atomic E-state index is 0. The molecule has 0 fully saturated rings. The zero-order valence-electron chi connectivity index (χ0n) is 10.6. The summed E-state index contributed by atoms with van der Waals surface area (Å²) in [5.41, 5.74) is 0. The van der Waals surface area contributed by atoms with Crippen molar-refractivity contribution in [2.75, 3.05) is 0 Å². The molecule has 0 aliphatic carbocycles. The molecule has 0 aliphatic heterocycles. The summed E-state index contributed by atoms with van der Waals surface area (Å²) in [4.78, 5) is 20.8. The third-order valence-electron chi connectivity index (χ3n) is 1.94. The van der Waals surface area contributed by atoms with Crippen molar-refractivity contribution >= 4 is 18.6 Å². The summed E-state index contributed by atoms with van der Waals surface area (Å²) >= 11 is 0. The third-order valence-corrected chi connectivity index (χ3v) is 2.37. The maximum absolute atomic E-state index is 10.4. The normalized spacial score (nSPS) is 9.16. The van der Waals surface area contributed by atoms with Crippen LogP contribution in [-0.4, -0.2) is 11.0 Å². The van der Waals surface area contributed by atoms with Crippen LogP contribution in [0.1, 0.15) is 0 Å². The number of fused-ring (bicyclic) bond motifs is 1. The summed E-state index contributed by atoms with van der Waals surface area (Å²) < 4.78 is 14.6. The predicted octanol–water partition coefficient (Wildman–Crippen LogP) is -6.59. The van der Waals surface area contributed by atoms with Crippen molar-refractivity contribution in [1.82, 2.24) is 0 Å². The van der Waals surface area contributed by atoms with Crippen LogP contribution < -0.4 is 73.4 Å². The average Bonchev–Trinajstić information content (AvgIpc) is 2.15. The second-order valence-electron chi connectivity index (χ2n) is 3.05. The van der Waals surface area contributed by atoms with E-state index in [4.69, 9.17) is 0 Å². The fraction of sp³-hybridized carbons (Fsp3) is 0. The van der Waals surface area contributed by atoms with E-state index in [1.807, 2.05) is 24.3 Å². The molecule has 0 radical (unpaired) electrons. The molecule has 94 valence electrons. The number of benzene rings is 2. The molecule has 0 aromatic heterocycles. The first kappa shape index (κ1) is 24.6. The van der Waals surface area contributed by atoms with Crippen LogP contribution >= 0.6 is 7.82 Å². The van der Waals surface area contributed by atoms with Crippen LogP contribution in [0, 0.1) is 0 Å². The van der Waals surface area contributed by atoms with E-state index in [1.165, 1.54) is 12.1 Å². The molecular weight excluding hydrogens is 293 g/mol. The molecule has 0 bridgehead atoms. The van der Waals surface area contributed by atoms with Gasteiger partial charge in [0.1, 0.15) is 13.6 Å². The zero-order chi connectivity index (χ0) is 10.9. The van der Waals surface area contributed by atoms with E-state index in [0.717, 1.165) is 10.8 Å². The Labute approximate surface area is 154 Å². The number of phosphoric acid groups is 1. The molecule has 0 aliphatic rings. The van der Waals surface area contributed by atoms with Crippen molar-refractivity contribution in [3.63, 3.8) is 0 Å². The predicted molar refractivity (Wildman–Crippen MR) is 59.4 cm³/mol. The Bertz CT molecular complexity index is 544. The van der Waals surface area contributed by atoms with Gasteiger partial charge in [-0.1, -0.05) is 30.3 Å². The van der Waals surface area contributed by atoms with Crippen molar-refractivity contribution in [3.8, 4) is 5.75 Å². The largest absolute Gasteiger partial charge is 1.00 e. The van der Waals surface area contributed by atoms with Gasteiger partial charge in [-0.15, -0.1) is 0 Å².